The number of hydrogen-bond donors (Lipinski definition) is 0. The first-order valence-electron chi connectivity index (χ1n) is 4.97. The Hall–Kier alpha value is -1.53. The maximum absolute atomic E-state index is 5.38. The fourth-order valence-electron chi connectivity index (χ4n) is 1.59. The Labute approximate surface area is 90.9 Å². The van der Waals surface area contributed by atoms with Crippen molar-refractivity contribution < 1.29 is 0 Å². The number of benzene rings is 1. The summed E-state index contributed by atoms with van der Waals surface area (Å²) in [6.07, 6.45) is 7.19. The highest BCUT2D eigenvalue weighted by molar-refractivity contribution is 6.88. The Morgan fingerprint density at radius 1 is 1.33 bits per heavy atom. The van der Waals surface area contributed by atoms with Crippen LogP contribution in [0.25, 0.3) is 10.9 Å². The van der Waals surface area contributed by atoms with Gasteiger partial charge in [-0.3, -0.25) is 0 Å². The average molecular weight is 214 g/mol. The number of fused-ring (bicyclic) bond motifs is 1. The lowest BCUT2D eigenvalue weighted by atomic mass is 10.2. The molecule has 0 aliphatic rings. The molecule has 76 valence electrons. The van der Waals surface area contributed by atoms with Crippen molar-refractivity contribution in [1.29, 1.82) is 0 Å². The predicted molar refractivity (Wildman–Crippen MR) is 66.9 cm³/mol. The molecule has 2 nitrogen and oxygen atoms in total. The molecule has 0 saturated heterocycles. The van der Waals surface area contributed by atoms with Gasteiger partial charge in [0.1, 0.15) is 0 Å². The summed E-state index contributed by atoms with van der Waals surface area (Å²) in [5.74, 6) is 0. The first kappa shape index (κ1) is 10.0. The number of hydrogen-bond acceptors (Lipinski definition) is 1. The third-order valence-electron chi connectivity index (χ3n) is 2.56. The normalized spacial score (nSPS) is 11.6. The fraction of sp³-hybridized carbons (Fsp3) is 0.250. The van der Waals surface area contributed by atoms with E-state index in [4.69, 9.17) is 6.42 Å². The van der Waals surface area contributed by atoms with Crippen LogP contribution in [0.5, 0.6) is 0 Å². The fourth-order valence-corrected chi connectivity index (χ4v) is 2.74. The van der Waals surface area contributed by atoms with Gasteiger partial charge >= 0.3 is 0 Å². The van der Waals surface area contributed by atoms with E-state index in [1.165, 1.54) is 5.19 Å². The van der Waals surface area contributed by atoms with Gasteiger partial charge in [-0.05, 0) is 6.07 Å². The van der Waals surface area contributed by atoms with Gasteiger partial charge in [-0.25, -0.2) is 0 Å². The predicted octanol–water partition coefficient (Wildman–Crippen LogP) is 2.02. The van der Waals surface area contributed by atoms with Gasteiger partial charge in [0, 0.05) is 11.4 Å². The topological polar surface area (TPSA) is 17.8 Å². The molecule has 1 aromatic carbocycles. The summed E-state index contributed by atoms with van der Waals surface area (Å²) >= 11 is 0. The van der Waals surface area contributed by atoms with Crippen LogP contribution >= 0.6 is 0 Å². The Morgan fingerprint density at radius 2 is 2.07 bits per heavy atom. The maximum Gasteiger partial charge on any atom is 0.0833 e. The number of aromatic nitrogens is 2. The van der Waals surface area contributed by atoms with Crippen molar-refractivity contribution in [2.75, 3.05) is 0 Å². The molecular formula is C12H14N2Si. The summed E-state index contributed by atoms with van der Waals surface area (Å²) in [6, 6.07) is 9.02. The van der Waals surface area contributed by atoms with Crippen molar-refractivity contribution in [3.63, 3.8) is 0 Å². The van der Waals surface area contributed by atoms with Crippen LogP contribution in [-0.4, -0.2) is 17.9 Å². The van der Waals surface area contributed by atoms with Gasteiger partial charge in [0.25, 0.3) is 0 Å². The van der Waals surface area contributed by atoms with Crippen molar-refractivity contribution in [1.82, 2.24) is 9.78 Å². The highest BCUT2D eigenvalue weighted by Crippen LogP contribution is 2.13. The Balaban J connectivity index is 2.69. The molecule has 0 unspecified atom stereocenters. The summed E-state index contributed by atoms with van der Waals surface area (Å²) in [5.41, 5.74) is 1.04. The molecule has 1 aromatic heterocycles. The standard InChI is InChI=1S/C12H14N2Si/c1-5-14-12-8-11(15(2,3)4)7-6-10(12)9-13-14/h1,6-9H,2-4H3. The van der Waals surface area contributed by atoms with Crippen LogP contribution in [0.2, 0.25) is 19.6 Å². The van der Waals surface area contributed by atoms with Gasteiger partial charge in [-0.2, -0.15) is 9.78 Å². The zero-order valence-electron chi connectivity index (χ0n) is 9.28. The monoisotopic (exact) mass is 214 g/mol. The van der Waals surface area contributed by atoms with Crippen LogP contribution < -0.4 is 5.19 Å². The minimum Gasteiger partial charge on any atom is -0.189 e. The van der Waals surface area contributed by atoms with Crippen LogP contribution in [0.4, 0.5) is 0 Å². The SMILES string of the molecule is C#Cn1ncc2ccc([Si](C)(C)C)cc21. The molecular weight excluding hydrogens is 200 g/mol. The van der Waals surface area contributed by atoms with Gasteiger partial charge < -0.3 is 0 Å². The third-order valence-corrected chi connectivity index (χ3v) is 4.60. The molecule has 0 atom stereocenters. The maximum atomic E-state index is 5.38. The molecule has 0 saturated carbocycles. The van der Waals surface area contributed by atoms with E-state index in [1.807, 2.05) is 6.20 Å². The summed E-state index contributed by atoms with van der Waals surface area (Å²) in [5, 5.41) is 6.65. The molecule has 0 radical (unpaired) electrons. The molecule has 2 rings (SSSR count). The van der Waals surface area contributed by atoms with Gasteiger partial charge in [0.15, 0.2) is 0 Å². The summed E-state index contributed by atoms with van der Waals surface area (Å²) in [6.45, 7) is 6.97. The Kier molecular flexibility index (Phi) is 2.17. The molecule has 0 aliphatic heterocycles. The Bertz CT molecular complexity index is 541. The van der Waals surface area contributed by atoms with E-state index in [0.29, 0.717) is 0 Å². The second kappa shape index (κ2) is 3.25. The van der Waals surface area contributed by atoms with E-state index in [0.717, 1.165) is 10.9 Å². The molecule has 1 heterocycles. The number of rotatable bonds is 1. The molecule has 15 heavy (non-hydrogen) atoms. The number of nitrogens with zero attached hydrogens (tertiary/aromatic N) is 2. The van der Waals surface area contributed by atoms with E-state index < -0.39 is 8.07 Å². The highest BCUT2D eigenvalue weighted by Gasteiger charge is 2.17. The first-order chi connectivity index (χ1) is 7.02. The highest BCUT2D eigenvalue weighted by atomic mass is 28.3. The second-order valence-electron chi connectivity index (χ2n) is 4.71. The van der Waals surface area contributed by atoms with Crippen LogP contribution in [-0.2, 0) is 0 Å². The lowest BCUT2D eigenvalue weighted by molar-refractivity contribution is 0.949. The third kappa shape index (κ3) is 1.69. The van der Waals surface area contributed by atoms with Crippen LogP contribution in [0.3, 0.4) is 0 Å². The van der Waals surface area contributed by atoms with E-state index in [-0.39, 0.29) is 0 Å². The van der Waals surface area contributed by atoms with Gasteiger partial charge in [-0.15, -0.1) is 0 Å². The van der Waals surface area contributed by atoms with Crippen molar-refractivity contribution in [2.24, 2.45) is 0 Å². The molecule has 3 heteroatoms. The molecule has 2 aromatic rings. The summed E-state index contributed by atoms with van der Waals surface area (Å²) in [4.78, 5) is 0. The van der Waals surface area contributed by atoms with E-state index in [1.54, 1.807) is 4.68 Å². The Morgan fingerprint density at radius 3 is 2.67 bits per heavy atom. The lowest BCUT2D eigenvalue weighted by Gasteiger charge is -2.16. The minimum absolute atomic E-state index is 1.04. The molecule has 0 bridgehead atoms. The molecule has 0 spiro atoms. The summed E-state index contributed by atoms with van der Waals surface area (Å²) < 4.78 is 1.60. The number of terminal acetylenes is 1. The van der Waals surface area contributed by atoms with Crippen molar-refractivity contribution in [3.8, 4) is 12.5 Å². The van der Waals surface area contributed by atoms with Gasteiger partial charge in [0.2, 0.25) is 0 Å². The lowest BCUT2D eigenvalue weighted by Crippen LogP contribution is -2.37. The van der Waals surface area contributed by atoms with Gasteiger partial charge in [0.05, 0.1) is 19.8 Å². The quantitative estimate of drug-likeness (QED) is 0.524. The van der Waals surface area contributed by atoms with Crippen molar-refractivity contribution >= 4 is 24.2 Å². The zero-order valence-corrected chi connectivity index (χ0v) is 10.3. The first-order valence-corrected chi connectivity index (χ1v) is 8.47. The largest absolute Gasteiger partial charge is 0.189 e. The molecule has 0 fully saturated rings. The second-order valence-corrected chi connectivity index (χ2v) is 9.79. The van der Waals surface area contributed by atoms with Crippen LogP contribution in [0.15, 0.2) is 24.4 Å². The average Bonchev–Trinajstić information content (AvgIpc) is 2.57. The smallest absolute Gasteiger partial charge is 0.0833 e. The summed E-state index contributed by atoms with van der Waals surface area (Å²) in [7, 11) is -1.27. The van der Waals surface area contributed by atoms with E-state index in [2.05, 4.69) is 49.0 Å². The van der Waals surface area contributed by atoms with E-state index >= 15 is 0 Å². The molecule has 0 aliphatic carbocycles. The minimum atomic E-state index is -1.27. The molecule has 0 N–H and O–H groups in total. The zero-order chi connectivity index (χ0) is 11.1. The van der Waals surface area contributed by atoms with Gasteiger partial charge in [-0.1, -0.05) is 43.4 Å². The van der Waals surface area contributed by atoms with Crippen LogP contribution in [0.1, 0.15) is 0 Å². The van der Waals surface area contributed by atoms with Crippen LogP contribution in [0, 0.1) is 12.5 Å². The van der Waals surface area contributed by atoms with Crippen molar-refractivity contribution in [2.45, 2.75) is 19.6 Å². The van der Waals surface area contributed by atoms with E-state index in [9.17, 15) is 0 Å². The van der Waals surface area contributed by atoms with Crippen molar-refractivity contribution in [3.05, 3.63) is 24.4 Å². The molecule has 0 amide bonds.